The lowest BCUT2D eigenvalue weighted by molar-refractivity contribution is -0.131. The maximum atomic E-state index is 10.5. The minimum atomic E-state index is -1.00. The van der Waals surface area contributed by atoms with Crippen molar-refractivity contribution in [1.82, 2.24) is 0 Å². The predicted molar refractivity (Wildman–Crippen MR) is 75.8 cm³/mol. The monoisotopic (exact) mass is 323 g/mol. The van der Waals surface area contributed by atoms with Gasteiger partial charge in [-0.25, -0.2) is 4.79 Å². The van der Waals surface area contributed by atoms with Crippen LogP contribution in [0.4, 0.5) is 0 Å². The van der Waals surface area contributed by atoms with E-state index in [1.165, 1.54) is 6.08 Å². The molecule has 0 unspecified atom stereocenters. The van der Waals surface area contributed by atoms with E-state index < -0.39 is 5.97 Å². The van der Waals surface area contributed by atoms with Crippen LogP contribution in [0.5, 0.6) is 5.75 Å². The summed E-state index contributed by atoms with van der Waals surface area (Å²) in [5.74, 6) is -0.363. The third kappa shape index (κ3) is 6.07. The number of rotatable bonds is 7. The van der Waals surface area contributed by atoms with Gasteiger partial charge in [-0.1, -0.05) is 15.9 Å². The molecule has 0 fully saturated rings. The van der Waals surface area contributed by atoms with Crippen LogP contribution in [0.25, 0.3) is 6.08 Å². The second kappa shape index (κ2) is 8.33. The Morgan fingerprint density at radius 3 is 2.95 bits per heavy atom. The zero-order valence-corrected chi connectivity index (χ0v) is 11.9. The SMILES string of the molecule is N#CCCCCOc1ccc(Br)cc1C=CC(=O)O. The molecule has 0 aromatic heterocycles. The second-order valence-corrected chi connectivity index (χ2v) is 4.73. The molecule has 0 saturated carbocycles. The van der Waals surface area contributed by atoms with Gasteiger partial charge in [0.25, 0.3) is 0 Å². The number of carboxylic acids is 1. The van der Waals surface area contributed by atoms with E-state index in [1.807, 2.05) is 6.07 Å². The van der Waals surface area contributed by atoms with E-state index in [1.54, 1.807) is 12.1 Å². The Morgan fingerprint density at radius 2 is 2.26 bits per heavy atom. The van der Waals surface area contributed by atoms with Crippen molar-refractivity contribution in [3.63, 3.8) is 0 Å². The van der Waals surface area contributed by atoms with E-state index in [-0.39, 0.29) is 0 Å². The molecule has 0 aliphatic heterocycles. The number of aliphatic carboxylic acids is 1. The molecular weight excluding hydrogens is 310 g/mol. The molecule has 0 bridgehead atoms. The van der Waals surface area contributed by atoms with Crippen molar-refractivity contribution < 1.29 is 14.6 Å². The largest absolute Gasteiger partial charge is 0.493 e. The molecule has 5 heteroatoms. The molecule has 0 aliphatic carbocycles. The first-order chi connectivity index (χ1) is 9.13. The number of hydrogen-bond donors (Lipinski definition) is 1. The third-order valence-electron chi connectivity index (χ3n) is 2.32. The van der Waals surface area contributed by atoms with Gasteiger partial charge in [-0.3, -0.25) is 0 Å². The number of benzene rings is 1. The van der Waals surface area contributed by atoms with Crippen molar-refractivity contribution >= 4 is 28.0 Å². The van der Waals surface area contributed by atoms with Gasteiger partial charge in [0.15, 0.2) is 0 Å². The first kappa shape index (κ1) is 15.3. The Kier molecular flexibility index (Phi) is 6.69. The molecule has 19 heavy (non-hydrogen) atoms. The van der Waals surface area contributed by atoms with Crippen LogP contribution in [0.15, 0.2) is 28.7 Å². The molecule has 4 nitrogen and oxygen atoms in total. The van der Waals surface area contributed by atoms with Crippen LogP contribution in [0.3, 0.4) is 0 Å². The van der Waals surface area contributed by atoms with Gasteiger partial charge in [0.2, 0.25) is 0 Å². The van der Waals surface area contributed by atoms with Gasteiger partial charge in [0, 0.05) is 22.5 Å². The Balaban J connectivity index is 2.66. The van der Waals surface area contributed by atoms with Gasteiger partial charge in [0.1, 0.15) is 5.75 Å². The summed E-state index contributed by atoms with van der Waals surface area (Å²) >= 11 is 3.33. The van der Waals surface area contributed by atoms with E-state index in [0.717, 1.165) is 23.4 Å². The molecule has 0 aliphatic rings. The molecule has 0 atom stereocenters. The summed E-state index contributed by atoms with van der Waals surface area (Å²) in [6, 6.07) is 7.50. The molecule has 100 valence electrons. The van der Waals surface area contributed by atoms with Crippen molar-refractivity contribution in [2.45, 2.75) is 19.3 Å². The van der Waals surface area contributed by atoms with Gasteiger partial charge in [-0.15, -0.1) is 0 Å². The number of nitrogens with zero attached hydrogens (tertiary/aromatic N) is 1. The van der Waals surface area contributed by atoms with Crippen LogP contribution < -0.4 is 4.74 Å². The van der Waals surface area contributed by atoms with Gasteiger partial charge in [-0.2, -0.15) is 5.26 Å². The van der Waals surface area contributed by atoms with Gasteiger partial charge >= 0.3 is 5.97 Å². The maximum absolute atomic E-state index is 10.5. The number of halogens is 1. The van der Waals surface area contributed by atoms with Crippen molar-refractivity contribution in [1.29, 1.82) is 5.26 Å². The highest BCUT2D eigenvalue weighted by Crippen LogP contribution is 2.24. The second-order valence-electron chi connectivity index (χ2n) is 3.82. The van der Waals surface area contributed by atoms with E-state index in [9.17, 15) is 4.79 Å². The quantitative estimate of drug-likeness (QED) is 0.614. The molecule has 0 heterocycles. The Morgan fingerprint density at radius 1 is 1.47 bits per heavy atom. The number of carboxylic acid groups (broad SMARTS) is 1. The molecule has 0 radical (unpaired) electrons. The predicted octanol–water partition coefficient (Wildman–Crippen LogP) is 3.62. The summed E-state index contributed by atoms with van der Waals surface area (Å²) in [5.41, 5.74) is 0.706. The van der Waals surface area contributed by atoms with E-state index in [0.29, 0.717) is 24.3 Å². The normalized spacial score (nSPS) is 10.3. The minimum absolute atomic E-state index is 0.511. The molecule has 1 rings (SSSR count). The highest BCUT2D eigenvalue weighted by atomic mass is 79.9. The molecule has 0 amide bonds. The Bertz CT molecular complexity index is 506. The first-order valence-electron chi connectivity index (χ1n) is 5.84. The zero-order valence-electron chi connectivity index (χ0n) is 10.3. The maximum Gasteiger partial charge on any atom is 0.328 e. The Labute approximate surface area is 120 Å². The van der Waals surface area contributed by atoms with Crippen LogP contribution in [0.1, 0.15) is 24.8 Å². The standard InChI is InChI=1S/C14H14BrNO3/c15-12-5-6-13(19-9-3-1-2-8-16)11(10-12)4-7-14(17)18/h4-7,10H,1-3,9H2,(H,17,18). The summed E-state index contributed by atoms with van der Waals surface area (Å²) in [6.45, 7) is 0.511. The van der Waals surface area contributed by atoms with Crippen LogP contribution in [-0.4, -0.2) is 17.7 Å². The summed E-state index contributed by atoms with van der Waals surface area (Å²) < 4.78 is 6.45. The number of ether oxygens (including phenoxy) is 1. The Hall–Kier alpha value is -1.80. The lowest BCUT2D eigenvalue weighted by atomic mass is 10.2. The van der Waals surface area contributed by atoms with Gasteiger partial charge in [-0.05, 0) is 37.1 Å². The van der Waals surface area contributed by atoms with Gasteiger partial charge < -0.3 is 9.84 Å². The number of unbranched alkanes of at least 4 members (excludes halogenated alkanes) is 2. The molecular formula is C14H14BrNO3. The van der Waals surface area contributed by atoms with E-state index in [4.69, 9.17) is 15.1 Å². The zero-order chi connectivity index (χ0) is 14.1. The smallest absolute Gasteiger partial charge is 0.328 e. The summed E-state index contributed by atoms with van der Waals surface area (Å²) in [6.07, 6.45) is 4.69. The lowest BCUT2D eigenvalue weighted by Crippen LogP contribution is -1.99. The fourth-order valence-electron chi connectivity index (χ4n) is 1.43. The summed E-state index contributed by atoms with van der Waals surface area (Å²) in [5, 5.41) is 17.1. The average Bonchev–Trinajstić information content (AvgIpc) is 2.38. The fourth-order valence-corrected chi connectivity index (χ4v) is 1.81. The number of carbonyl (C=O) groups is 1. The molecule has 0 spiro atoms. The minimum Gasteiger partial charge on any atom is -0.493 e. The van der Waals surface area contributed by atoms with Crippen molar-refractivity contribution in [3.8, 4) is 11.8 Å². The third-order valence-corrected chi connectivity index (χ3v) is 2.81. The lowest BCUT2D eigenvalue weighted by Gasteiger charge is -2.09. The number of hydrogen-bond acceptors (Lipinski definition) is 3. The highest BCUT2D eigenvalue weighted by molar-refractivity contribution is 9.10. The molecule has 1 aromatic carbocycles. The van der Waals surface area contributed by atoms with Gasteiger partial charge in [0.05, 0.1) is 12.7 Å². The van der Waals surface area contributed by atoms with Crippen LogP contribution in [0.2, 0.25) is 0 Å². The van der Waals surface area contributed by atoms with Crippen LogP contribution in [-0.2, 0) is 4.79 Å². The van der Waals surface area contributed by atoms with E-state index in [2.05, 4.69) is 22.0 Å². The molecule has 1 N–H and O–H groups in total. The summed E-state index contributed by atoms with van der Waals surface area (Å²) in [4.78, 5) is 10.5. The highest BCUT2D eigenvalue weighted by Gasteiger charge is 2.02. The van der Waals surface area contributed by atoms with E-state index >= 15 is 0 Å². The fraction of sp³-hybridized carbons (Fsp3) is 0.286. The van der Waals surface area contributed by atoms with Crippen molar-refractivity contribution in [3.05, 3.63) is 34.3 Å². The van der Waals surface area contributed by atoms with Crippen LogP contribution >= 0.6 is 15.9 Å². The van der Waals surface area contributed by atoms with Crippen molar-refractivity contribution in [2.75, 3.05) is 6.61 Å². The molecule has 1 aromatic rings. The first-order valence-corrected chi connectivity index (χ1v) is 6.63. The topological polar surface area (TPSA) is 70.3 Å². The average molecular weight is 324 g/mol. The molecule has 0 saturated heterocycles. The number of nitriles is 1. The summed E-state index contributed by atoms with van der Waals surface area (Å²) in [7, 11) is 0. The van der Waals surface area contributed by atoms with Crippen molar-refractivity contribution in [2.24, 2.45) is 0 Å². The van der Waals surface area contributed by atoms with Crippen LogP contribution in [0, 0.1) is 11.3 Å².